The SMILES string of the molecule is Cc1nc2c(C)nnc(N[C@H](C)c3cc(O)cc(C(F)(F)F)c3)c2cc1N1CC2CC1CO2. The fraction of sp³-hybridized carbons (Fsp3) is 0.435. The van der Waals surface area contributed by atoms with Gasteiger partial charge in [-0.1, -0.05) is 0 Å². The quantitative estimate of drug-likeness (QED) is 0.594. The number of fused-ring (bicyclic) bond motifs is 3. The lowest BCUT2D eigenvalue weighted by molar-refractivity contribution is -0.137. The molecule has 2 aromatic heterocycles. The van der Waals surface area contributed by atoms with Crippen molar-refractivity contribution < 1.29 is 23.0 Å². The van der Waals surface area contributed by atoms with Crippen molar-refractivity contribution in [1.29, 1.82) is 0 Å². The first kappa shape index (κ1) is 21.7. The van der Waals surface area contributed by atoms with Crippen LogP contribution in [0.15, 0.2) is 24.3 Å². The number of alkyl halides is 3. The molecule has 2 N–H and O–H groups in total. The third kappa shape index (κ3) is 3.92. The van der Waals surface area contributed by atoms with E-state index in [1.54, 1.807) is 6.92 Å². The average molecular weight is 459 g/mol. The number of anilines is 2. The number of hydrogen-bond donors (Lipinski definition) is 2. The smallest absolute Gasteiger partial charge is 0.416 e. The maximum Gasteiger partial charge on any atom is 0.416 e. The monoisotopic (exact) mass is 459 g/mol. The molecule has 2 fully saturated rings. The number of nitrogens with one attached hydrogen (secondary N) is 1. The van der Waals surface area contributed by atoms with Gasteiger partial charge in [0.15, 0.2) is 5.82 Å². The van der Waals surface area contributed by atoms with Gasteiger partial charge < -0.3 is 20.1 Å². The zero-order valence-electron chi connectivity index (χ0n) is 18.4. The van der Waals surface area contributed by atoms with Gasteiger partial charge in [0, 0.05) is 11.9 Å². The number of aryl methyl sites for hydroxylation is 2. The molecule has 2 saturated heterocycles. The number of aromatic nitrogens is 3. The van der Waals surface area contributed by atoms with Crippen LogP contribution in [0, 0.1) is 13.8 Å². The highest BCUT2D eigenvalue weighted by Crippen LogP contribution is 2.38. The highest BCUT2D eigenvalue weighted by atomic mass is 19.4. The minimum absolute atomic E-state index is 0.230. The Hall–Kier alpha value is -3.14. The molecular weight excluding hydrogens is 435 g/mol. The molecule has 2 bridgehead atoms. The molecule has 2 unspecified atom stereocenters. The van der Waals surface area contributed by atoms with Gasteiger partial charge in [0.1, 0.15) is 5.75 Å². The topological polar surface area (TPSA) is 83.4 Å². The van der Waals surface area contributed by atoms with Crippen molar-refractivity contribution in [3.05, 3.63) is 46.8 Å². The maximum absolute atomic E-state index is 13.2. The van der Waals surface area contributed by atoms with Crippen LogP contribution < -0.4 is 10.2 Å². The van der Waals surface area contributed by atoms with Crippen LogP contribution in [0.2, 0.25) is 0 Å². The van der Waals surface area contributed by atoms with E-state index in [4.69, 9.17) is 9.72 Å². The number of phenols is 1. The third-order valence-electron chi connectivity index (χ3n) is 6.41. The van der Waals surface area contributed by atoms with E-state index in [9.17, 15) is 18.3 Å². The van der Waals surface area contributed by atoms with E-state index in [1.807, 2.05) is 19.9 Å². The van der Waals surface area contributed by atoms with Gasteiger partial charge in [0.05, 0.1) is 52.9 Å². The fourth-order valence-corrected chi connectivity index (χ4v) is 4.71. The van der Waals surface area contributed by atoms with Crippen molar-refractivity contribution in [2.45, 2.75) is 51.6 Å². The summed E-state index contributed by atoms with van der Waals surface area (Å²) in [6.07, 6.45) is -3.33. The molecule has 5 rings (SSSR count). The zero-order chi connectivity index (χ0) is 23.5. The van der Waals surface area contributed by atoms with E-state index in [1.165, 1.54) is 6.07 Å². The minimum atomic E-state index is -4.56. The van der Waals surface area contributed by atoms with E-state index in [0.29, 0.717) is 35.7 Å². The molecule has 33 heavy (non-hydrogen) atoms. The van der Waals surface area contributed by atoms with E-state index >= 15 is 0 Å². The summed E-state index contributed by atoms with van der Waals surface area (Å²) in [5, 5.41) is 22.2. The molecule has 2 aliphatic rings. The number of hydrogen-bond acceptors (Lipinski definition) is 7. The number of rotatable bonds is 4. The summed E-state index contributed by atoms with van der Waals surface area (Å²) in [5.74, 6) is -0.0198. The molecule has 0 amide bonds. The molecule has 2 aliphatic heterocycles. The van der Waals surface area contributed by atoms with E-state index in [0.717, 1.165) is 35.8 Å². The highest BCUT2D eigenvalue weighted by molar-refractivity contribution is 5.93. The Morgan fingerprint density at radius 2 is 1.94 bits per heavy atom. The number of phenolic OH excluding ortho intramolecular Hbond substituents is 1. The Morgan fingerprint density at radius 1 is 1.15 bits per heavy atom. The molecule has 0 saturated carbocycles. The predicted octanol–water partition coefficient (Wildman–Crippen LogP) is 4.52. The van der Waals surface area contributed by atoms with Crippen LogP contribution in [0.4, 0.5) is 24.7 Å². The Bertz CT molecular complexity index is 1230. The molecule has 7 nitrogen and oxygen atoms in total. The van der Waals surface area contributed by atoms with Crippen molar-refractivity contribution >= 4 is 22.4 Å². The first-order valence-electron chi connectivity index (χ1n) is 10.8. The molecule has 4 heterocycles. The second kappa shape index (κ2) is 7.72. The van der Waals surface area contributed by atoms with Gasteiger partial charge in [-0.15, -0.1) is 5.10 Å². The number of morpholine rings is 1. The van der Waals surface area contributed by atoms with Gasteiger partial charge in [0.25, 0.3) is 0 Å². The molecule has 174 valence electrons. The molecular formula is C23H24F3N5O2. The number of ether oxygens (including phenoxy) is 1. The first-order chi connectivity index (χ1) is 15.6. The van der Waals surface area contributed by atoms with Crippen LogP contribution in [0.25, 0.3) is 10.9 Å². The molecule has 1 aromatic carbocycles. The van der Waals surface area contributed by atoms with E-state index in [-0.39, 0.29) is 11.7 Å². The van der Waals surface area contributed by atoms with Crippen molar-refractivity contribution in [3.63, 3.8) is 0 Å². The van der Waals surface area contributed by atoms with Gasteiger partial charge in [-0.3, -0.25) is 0 Å². The lowest BCUT2D eigenvalue weighted by Gasteiger charge is -2.30. The van der Waals surface area contributed by atoms with E-state index in [2.05, 4.69) is 20.4 Å². The normalized spacial score (nSPS) is 21.1. The van der Waals surface area contributed by atoms with Crippen molar-refractivity contribution in [2.24, 2.45) is 0 Å². The second-order valence-electron chi connectivity index (χ2n) is 8.80. The van der Waals surface area contributed by atoms with Crippen LogP contribution in [0.5, 0.6) is 5.75 Å². The lowest BCUT2D eigenvalue weighted by atomic mass is 10.0. The zero-order valence-corrected chi connectivity index (χ0v) is 18.4. The Labute approximate surface area is 188 Å². The molecule has 0 aliphatic carbocycles. The van der Waals surface area contributed by atoms with Gasteiger partial charge in [-0.05, 0) is 57.0 Å². The van der Waals surface area contributed by atoms with Crippen LogP contribution in [0.1, 0.15) is 41.9 Å². The summed E-state index contributed by atoms with van der Waals surface area (Å²) in [7, 11) is 0. The fourth-order valence-electron chi connectivity index (χ4n) is 4.71. The third-order valence-corrected chi connectivity index (χ3v) is 6.41. The highest BCUT2D eigenvalue weighted by Gasteiger charge is 2.40. The Kier molecular flexibility index (Phi) is 5.08. The van der Waals surface area contributed by atoms with Crippen molar-refractivity contribution in [1.82, 2.24) is 15.2 Å². The van der Waals surface area contributed by atoms with Gasteiger partial charge in [0.2, 0.25) is 0 Å². The maximum atomic E-state index is 13.2. The molecule has 3 aromatic rings. The second-order valence-corrected chi connectivity index (χ2v) is 8.80. The predicted molar refractivity (Wildman–Crippen MR) is 117 cm³/mol. The standard InChI is InChI=1S/C23H24F3N5O2/c1-11(14-4-15(23(24,25)26)6-17(32)5-14)28-22-19-8-20(31-9-18-7-16(31)10-33-18)12(2)27-21(19)13(3)29-30-22/h4-6,8,11,16,18,32H,7,9-10H2,1-3H3,(H,28,30)/t11-,16?,18?/m1/s1. The summed E-state index contributed by atoms with van der Waals surface area (Å²) in [4.78, 5) is 7.10. The molecule has 0 spiro atoms. The Morgan fingerprint density at radius 3 is 2.61 bits per heavy atom. The molecule has 10 heteroatoms. The minimum Gasteiger partial charge on any atom is -0.508 e. The van der Waals surface area contributed by atoms with Crippen LogP contribution in [-0.2, 0) is 10.9 Å². The van der Waals surface area contributed by atoms with Crippen LogP contribution in [-0.4, -0.2) is 45.6 Å². The summed E-state index contributed by atoms with van der Waals surface area (Å²) < 4.78 is 45.3. The molecule has 0 radical (unpaired) electrons. The summed E-state index contributed by atoms with van der Waals surface area (Å²) in [6, 6.07) is 4.82. The molecule has 3 atom stereocenters. The first-order valence-corrected chi connectivity index (χ1v) is 10.8. The van der Waals surface area contributed by atoms with Crippen LogP contribution >= 0.6 is 0 Å². The largest absolute Gasteiger partial charge is 0.508 e. The average Bonchev–Trinajstić information content (AvgIpc) is 3.38. The lowest BCUT2D eigenvalue weighted by Crippen LogP contribution is -2.37. The number of nitrogens with zero attached hydrogens (tertiary/aromatic N) is 4. The summed E-state index contributed by atoms with van der Waals surface area (Å²) >= 11 is 0. The number of benzene rings is 1. The van der Waals surface area contributed by atoms with Gasteiger partial charge in [-0.25, -0.2) is 4.98 Å². The Balaban J connectivity index is 1.53. The van der Waals surface area contributed by atoms with Crippen molar-refractivity contribution in [2.75, 3.05) is 23.4 Å². The number of pyridine rings is 1. The summed E-state index contributed by atoms with van der Waals surface area (Å²) in [6.45, 7) is 6.99. The van der Waals surface area contributed by atoms with Crippen molar-refractivity contribution in [3.8, 4) is 5.75 Å². The summed E-state index contributed by atoms with van der Waals surface area (Å²) in [5.41, 5.74) is 2.62. The number of aromatic hydroxyl groups is 1. The van der Waals surface area contributed by atoms with Gasteiger partial charge >= 0.3 is 6.18 Å². The number of halogens is 3. The van der Waals surface area contributed by atoms with Gasteiger partial charge in [-0.2, -0.15) is 18.3 Å². The van der Waals surface area contributed by atoms with E-state index < -0.39 is 23.5 Å². The van der Waals surface area contributed by atoms with Crippen LogP contribution in [0.3, 0.4) is 0 Å².